The standard InChI is InChI=1S/C21H17N3OS2/c1-14-6-4-7-15(12-14)13-26-21-24-23-20(27-21)22-19(25)18-11-5-9-16-8-2-3-10-17(16)18/h2-12H,13H2,1H3,(H,22,23,25). The number of carbonyl (C=O) groups is 1. The highest BCUT2D eigenvalue weighted by atomic mass is 32.2. The number of carbonyl (C=O) groups excluding carboxylic acids is 1. The number of aryl methyl sites for hydroxylation is 1. The van der Waals surface area contributed by atoms with E-state index in [0.717, 1.165) is 20.9 Å². The fraction of sp³-hybridized carbons (Fsp3) is 0.0952. The van der Waals surface area contributed by atoms with Crippen molar-refractivity contribution in [3.63, 3.8) is 0 Å². The van der Waals surface area contributed by atoms with Gasteiger partial charge in [-0.25, -0.2) is 0 Å². The zero-order valence-electron chi connectivity index (χ0n) is 14.7. The largest absolute Gasteiger partial charge is 0.296 e. The summed E-state index contributed by atoms with van der Waals surface area (Å²) in [7, 11) is 0. The van der Waals surface area contributed by atoms with Gasteiger partial charge in [-0.05, 0) is 29.3 Å². The lowest BCUT2D eigenvalue weighted by molar-refractivity contribution is 0.102. The summed E-state index contributed by atoms with van der Waals surface area (Å²) in [6, 6.07) is 22.0. The van der Waals surface area contributed by atoms with E-state index in [2.05, 4.69) is 46.7 Å². The lowest BCUT2D eigenvalue weighted by atomic mass is 10.0. The van der Waals surface area contributed by atoms with Gasteiger partial charge in [0.1, 0.15) is 0 Å². The molecule has 0 aliphatic rings. The summed E-state index contributed by atoms with van der Waals surface area (Å²) in [6.07, 6.45) is 0. The molecule has 0 aliphatic carbocycles. The molecule has 1 heterocycles. The van der Waals surface area contributed by atoms with Crippen LogP contribution in [0.15, 0.2) is 71.1 Å². The maximum Gasteiger partial charge on any atom is 0.258 e. The van der Waals surface area contributed by atoms with Crippen molar-refractivity contribution in [2.45, 2.75) is 17.0 Å². The van der Waals surface area contributed by atoms with E-state index in [1.54, 1.807) is 11.8 Å². The van der Waals surface area contributed by atoms with Crippen LogP contribution >= 0.6 is 23.1 Å². The first-order chi connectivity index (χ1) is 13.2. The number of hydrogen-bond donors (Lipinski definition) is 1. The van der Waals surface area contributed by atoms with Crippen molar-refractivity contribution in [2.24, 2.45) is 0 Å². The molecule has 0 atom stereocenters. The molecule has 0 saturated carbocycles. The molecule has 3 aromatic carbocycles. The highest BCUT2D eigenvalue weighted by molar-refractivity contribution is 8.00. The molecule has 1 aromatic heterocycles. The number of thioether (sulfide) groups is 1. The first-order valence-corrected chi connectivity index (χ1v) is 10.3. The summed E-state index contributed by atoms with van der Waals surface area (Å²) in [5.41, 5.74) is 3.13. The Bertz CT molecular complexity index is 1100. The predicted molar refractivity (Wildman–Crippen MR) is 113 cm³/mol. The van der Waals surface area contributed by atoms with Gasteiger partial charge in [-0.2, -0.15) is 0 Å². The zero-order valence-corrected chi connectivity index (χ0v) is 16.3. The van der Waals surface area contributed by atoms with Gasteiger partial charge in [0.25, 0.3) is 5.91 Å². The summed E-state index contributed by atoms with van der Waals surface area (Å²) in [5, 5.41) is 13.6. The highest BCUT2D eigenvalue weighted by Gasteiger charge is 2.13. The molecule has 4 nitrogen and oxygen atoms in total. The highest BCUT2D eigenvalue weighted by Crippen LogP contribution is 2.29. The van der Waals surface area contributed by atoms with E-state index in [1.165, 1.54) is 22.5 Å². The van der Waals surface area contributed by atoms with Gasteiger partial charge in [0.15, 0.2) is 4.34 Å². The summed E-state index contributed by atoms with van der Waals surface area (Å²) >= 11 is 3.02. The van der Waals surface area contributed by atoms with Gasteiger partial charge >= 0.3 is 0 Å². The minimum absolute atomic E-state index is 0.168. The number of aromatic nitrogens is 2. The number of benzene rings is 3. The lowest BCUT2D eigenvalue weighted by Gasteiger charge is -2.05. The van der Waals surface area contributed by atoms with Crippen molar-refractivity contribution >= 4 is 44.9 Å². The Morgan fingerprint density at radius 1 is 1.04 bits per heavy atom. The monoisotopic (exact) mass is 391 g/mol. The second kappa shape index (κ2) is 7.90. The van der Waals surface area contributed by atoms with Gasteiger partial charge in [-0.1, -0.05) is 89.3 Å². The molecule has 6 heteroatoms. The number of amides is 1. The van der Waals surface area contributed by atoms with Crippen LogP contribution in [0.2, 0.25) is 0 Å². The molecule has 0 bridgehead atoms. The zero-order chi connectivity index (χ0) is 18.6. The van der Waals surface area contributed by atoms with Gasteiger partial charge in [0, 0.05) is 11.3 Å². The van der Waals surface area contributed by atoms with E-state index in [-0.39, 0.29) is 5.91 Å². The summed E-state index contributed by atoms with van der Waals surface area (Å²) in [6.45, 7) is 2.08. The predicted octanol–water partition coefficient (Wildman–Crippen LogP) is 5.54. The molecule has 1 amide bonds. The molecule has 1 N–H and O–H groups in total. The van der Waals surface area contributed by atoms with Crippen molar-refractivity contribution in [3.05, 3.63) is 83.4 Å². The minimum atomic E-state index is -0.168. The van der Waals surface area contributed by atoms with Crippen LogP contribution in [-0.2, 0) is 5.75 Å². The summed E-state index contributed by atoms with van der Waals surface area (Å²) in [4.78, 5) is 12.7. The quantitative estimate of drug-likeness (QED) is 0.358. The van der Waals surface area contributed by atoms with Crippen molar-refractivity contribution in [2.75, 3.05) is 5.32 Å². The van der Waals surface area contributed by atoms with Crippen LogP contribution in [0.25, 0.3) is 10.8 Å². The Balaban J connectivity index is 1.45. The van der Waals surface area contributed by atoms with Crippen LogP contribution in [0.3, 0.4) is 0 Å². The van der Waals surface area contributed by atoms with Crippen LogP contribution in [0, 0.1) is 6.92 Å². The van der Waals surface area contributed by atoms with Gasteiger partial charge in [0.2, 0.25) is 5.13 Å². The van der Waals surface area contributed by atoms with Gasteiger partial charge in [-0.3, -0.25) is 10.1 Å². The molecule has 0 fully saturated rings. The van der Waals surface area contributed by atoms with Crippen LogP contribution < -0.4 is 5.32 Å². The average Bonchev–Trinajstić information content (AvgIpc) is 3.13. The second-order valence-corrected chi connectivity index (χ2v) is 8.33. The number of rotatable bonds is 5. The van der Waals surface area contributed by atoms with Crippen LogP contribution in [0.4, 0.5) is 5.13 Å². The Hall–Kier alpha value is -2.70. The smallest absolute Gasteiger partial charge is 0.258 e. The van der Waals surface area contributed by atoms with Gasteiger partial charge in [0.05, 0.1) is 0 Å². The molecular formula is C21H17N3OS2. The number of hydrogen-bond acceptors (Lipinski definition) is 5. The fourth-order valence-corrected chi connectivity index (χ4v) is 4.54. The molecule has 27 heavy (non-hydrogen) atoms. The molecule has 0 unspecified atom stereocenters. The lowest BCUT2D eigenvalue weighted by Crippen LogP contribution is -2.12. The Morgan fingerprint density at radius 2 is 1.85 bits per heavy atom. The Labute approximate surface area is 165 Å². The topological polar surface area (TPSA) is 54.9 Å². The van der Waals surface area contributed by atoms with Crippen LogP contribution in [0.1, 0.15) is 21.5 Å². The van der Waals surface area contributed by atoms with E-state index < -0.39 is 0 Å². The van der Waals surface area contributed by atoms with E-state index in [4.69, 9.17) is 0 Å². The van der Waals surface area contributed by atoms with E-state index in [1.807, 2.05) is 42.5 Å². The van der Waals surface area contributed by atoms with Crippen LogP contribution in [-0.4, -0.2) is 16.1 Å². The van der Waals surface area contributed by atoms with Crippen LogP contribution in [0.5, 0.6) is 0 Å². The summed E-state index contributed by atoms with van der Waals surface area (Å²) < 4.78 is 0.838. The number of anilines is 1. The van der Waals surface area contributed by atoms with Crippen molar-refractivity contribution < 1.29 is 4.79 Å². The molecule has 0 saturated heterocycles. The Morgan fingerprint density at radius 3 is 2.74 bits per heavy atom. The first-order valence-electron chi connectivity index (χ1n) is 8.50. The van der Waals surface area contributed by atoms with Crippen molar-refractivity contribution in [1.82, 2.24) is 10.2 Å². The second-order valence-electron chi connectivity index (χ2n) is 6.13. The van der Waals surface area contributed by atoms with E-state index >= 15 is 0 Å². The summed E-state index contributed by atoms with van der Waals surface area (Å²) in [5.74, 6) is 0.659. The molecule has 4 rings (SSSR count). The number of nitrogens with zero attached hydrogens (tertiary/aromatic N) is 2. The average molecular weight is 392 g/mol. The minimum Gasteiger partial charge on any atom is -0.296 e. The fourth-order valence-electron chi connectivity index (χ4n) is 2.85. The van der Waals surface area contributed by atoms with Crippen molar-refractivity contribution in [1.29, 1.82) is 0 Å². The third kappa shape index (κ3) is 4.18. The van der Waals surface area contributed by atoms with Crippen molar-refractivity contribution in [3.8, 4) is 0 Å². The SMILES string of the molecule is Cc1cccc(CSc2nnc(NC(=O)c3cccc4ccccc34)s2)c1. The van der Waals surface area contributed by atoms with E-state index in [9.17, 15) is 4.79 Å². The molecule has 0 radical (unpaired) electrons. The maximum absolute atomic E-state index is 12.7. The van der Waals surface area contributed by atoms with E-state index in [0.29, 0.717) is 10.7 Å². The molecule has 134 valence electrons. The molecule has 0 spiro atoms. The molecular weight excluding hydrogens is 374 g/mol. The number of fused-ring (bicyclic) bond motifs is 1. The molecule has 0 aliphatic heterocycles. The van der Waals surface area contributed by atoms with Gasteiger partial charge in [-0.15, -0.1) is 10.2 Å². The third-order valence-corrected chi connectivity index (χ3v) is 6.15. The first kappa shape index (κ1) is 17.7. The number of nitrogens with one attached hydrogen (secondary N) is 1. The van der Waals surface area contributed by atoms with Gasteiger partial charge < -0.3 is 0 Å². The third-order valence-electron chi connectivity index (χ3n) is 4.11. The Kier molecular flexibility index (Phi) is 5.18. The maximum atomic E-state index is 12.7. The normalized spacial score (nSPS) is 10.9. The molecule has 4 aromatic rings.